The molecule has 1 rings (SSSR count). The van der Waals surface area contributed by atoms with E-state index in [4.69, 9.17) is 9.47 Å². The zero-order valence-corrected chi connectivity index (χ0v) is 10.9. The van der Waals surface area contributed by atoms with Gasteiger partial charge in [-0.1, -0.05) is 20.3 Å². The quantitative estimate of drug-likeness (QED) is 0.712. The average Bonchev–Trinajstić information content (AvgIpc) is 2.38. The zero-order valence-electron chi connectivity index (χ0n) is 10.9. The first-order valence-electron chi connectivity index (χ1n) is 5.86. The van der Waals surface area contributed by atoms with Crippen LogP contribution in [0.2, 0.25) is 0 Å². The summed E-state index contributed by atoms with van der Waals surface area (Å²) in [5.41, 5.74) is 1.61. The molecule has 0 saturated carbocycles. The first-order chi connectivity index (χ1) is 8.15. The number of hydrogen-bond donors (Lipinski definition) is 0. The highest BCUT2D eigenvalue weighted by Gasteiger charge is 2.14. The molecule has 94 valence electrons. The van der Waals surface area contributed by atoms with E-state index in [9.17, 15) is 4.79 Å². The number of aldehydes is 1. The van der Waals surface area contributed by atoms with Crippen LogP contribution in [-0.2, 0) is 6.42 Å². The smallest absolute Gasteiger partial charge is 0.150 e. The van der Waals surface area contributed by atoms with Crippen molar-refractivity contribution < 1.29 is 14.3 Å². The summed E-state index contributed by atoms with van der Waals surface area (Å²) in [6.07, 6.45) is 2.79. The summed E-state index contributed by atoms with van der Waals surface area (Å²) < 4.78 is 10.7. The van der Waals surface area contributed by atoms with Crippen LogP contribution >= 0.6 is 0 Å². The van der Waals surface area contributed by atoms with Crippen molar-refractivity contribution in [3.63, 3.8) is 0 Å². The highest BCUT2D eigenvalue weighted by atomic mass is 16.5. The third kappa shape index (κ3) is 3.22. The second-order valence-corrected chi connectivity index (χ2v) is 4.24. The van der Waals surface area contributed by atoms with Crippen LogP contribution in [0.1, 0.15) is 36.2 Å². The number of ether oxygens (including phenoxy) is 2. The van der Waals surface area contributed by atoms with Crippen molar-refractivity contribution in [1.82, 2.24) is 0 Å². The standard InChI is InChI=1S/C14H20O3/c1-5-10(2)6-12-13(16-3)7-11(9-15)8-14(12)17-4/h7-10H,5-6H2,1-4H3. The monoisotopic (exact) mass is 236 g/mol. The number of carbonyl (C=O) groups is 1. The molecule has 0 amide bonds. The lowest BCUT2D eigenvalue weighted by Crippen LogP contribution is -2.04. The van der Waals surface area contributed by atoms with E-state index in [-0.39, 0.29) is 0 Å². The van der Waals surface area contributed by atoms with Crippen molar-refractivity contribution in [3.8, 4) is 11.5 Å². The third-order valence-electron chi connectivity index (χ3n) is 3.02. The highest BCUT2D eigenvalue weighted by molar-refractivity contribution is 5.77. The van der Waals surface area contributed by atoms with Gasteiger partial charge in [0.05, 0.1) is 14.2 Å². The number of benzene rings is 1. The Bertz CT molecular complexity index is 360. The molecule has 0 aliphatic heterocycles. The van der Waals surface area contributed by atoms with Crippen molar-refractivity contribution in [2.24, 2.45) is 5.92 Å². The maximum Gasteiger partial charge on any atom is 0.150 e. The van der Waals surface area contributed by atoms with E-state index in [0.717, 1.165) is 36.2 Å². The van der Waals surface area contributed by atoms with Crippen LogP contribution in [0.4, 0.5) is 0 Å². The normalized spacial score (nSPS) is 12.0. The van der Waals surface area contributed by atoms with Gasteiger partial charge in [0.2, 0.25) is 0 Å². The maximum absolute atomic E-state index is 10.8. The summed E-state index contributed by atoms with van der Waals surface area (Å²) in [5, 5.41) is 0. The van der Waals surface area contributed by atoms with Crippen LogP contribution in [-0.4, -0.2) is 20.5 Å². The fraction of sp³-hybridized carbons (Fsp3) is 0.500. The summed E-state index contributed by atoms with van der Waals surface area (Å²) >= 11 is 0. The van der Waals surface area contributed by atoms with Gasteiger partial charge < -0.3 is 9.47 Å². The molecule has 0 saturated heterocycles. The Morgan fingerprint density at radius 2 is 1.76 bits per heavy atom. The number of carbonyl (C=O) groups excluding carboxylic acids is 1. The van der Waals surface area contributed by atoms with Crippen molar-refractivity contribution >= 4 is 6.29 Å². The van der Waals surface area contributed by atoms with Gasteiger partial charge >= 0.3 is 0 Å². The molecule has 0 bridgehead atoms. The van der Waals surface area contributed by atoms with Gasteiger partial charge in [0.25, 0.3) is 0 Å². The van der Waals surface area contributed by atoms with Crippen LogP contribution in [0.25, 0.3) is 0 Å². The van der Waals surface area contributed by atoms with Gasteiger partial charge in [0, 0.05) is 11.1 Å². The molecule has 0 aromatic heterocycles. The predicted molar refractivity (Wildman–Crippen MR) is 68.1 cm³/mol. The van der Waals surface area contributed by atoms with Gasteiger partial charge in [-0.15, -0.1) is 0 Å². The van der Waals surface area contributed by atoms with E-state index in [0.29, 0.717) is 11.5 Å². The Morgan fingerprint density at radius 1 is 1.24 bits per heavy atom. The van der Waals surface area contributed by atoms with Crippen molar-refractivity contribution in [2.75, 3.05) is 14.2 Å². The number of hydrogen-bond acceptors (Lipinski definition) is 3. The van der Waals surface area contributed by atoms with Crippen molar-refractivity contribution in [2.45, 2.75) is 26.7 Å². The third-order valence-corrected chi connectivity index (χ3v) is 3.02. The molecule has 3 heteroatoms. The Morgan fingerprint density at radius 3 is 2.12 bits per heavy atom. The highest BCUT2D eigenvalue weighted by Crippen LogP contribution is 2.32. The zero-order chi connectivity index (χ0) is 12.8. The Hall–Kier alpha value is -1.51. The molecule has 0 fully saturated rings. The van der Waals surface area contributed by atoms with E-state index < -0.39 is 0 Å². The van der Waals surface area contributed by atoms with Gasteiger partial charge in [-0.05, 0) is 24.5 Å². The molecule has 0 radical (unpaired) electrons. The Labute approximate surface area is 103 Å². The van der Waals surface area contributed by atoms with Crippen LogP contribution in [0.15, 0.2) is 12.1 Å². The molecule has 1 aromatic rings. The summed E-state index contributed by atoms with van der Waals surface area (Å²) in [6, 6.07) is 3.51. The SMILES string of the molecule is CCC(C)Cc1c(OC)cc(C=O)cc1OC. The van der Waals surface area contributed by atoms with Crippen molar-refractivity contribution in [1.29, 1.82) is 0 Å². The average molecular weight is 236 g/mol. The largest absolute Gasteiger partial charge is 0.496 e. The van der Waals surface area contributed by atoms with Gasteiger partial charge in [0.15, 0.2) is 0 Å². The van der Waals surface area contributed by atoms with Crippen LogP contribution < -0.4 is 9.47 Å². The fourth-order valence-electron chi connectivity index (χ4n) is 1.77. The molecule has 0 aliphatic rings. The molecule has 3 nitrogen and oxygen atoms in total. The van der Waals surface area contributed by atoms with Gasteiger partial charge in [0.1, 0.15) is 17.8 Å². The molecule has 0 heterocycles. The second kappa shape index (κ2) is 6.28. The molecule has 1 aromatic carbocycles. The number of rotatable bonds is 6. The molecule has 0 aliphatic carbocycles. The minimum atomic E-state index is 0.555. The molecule has 0 spiro atoms. The molecule has 1 atom stereocenters. The maximum atomic E-state index is 10.8. The summed E-state index contributed by atoms with van der Waals surface area (Å²) in [7, 11) is 3.23. The second-order valence-electron chi connectivity index (χ2n) is 4.24. The van der Waals surface area contributed by atoms with E-state index in [1.54, 1.807) is 26.4 Å². The van der Waals surface area contributed by atoms with Crippen LogP contribution in [0.5, 0.6) is 11.5 Å². The lowest BCUT2D eigenvalue weighted by atomic mass is 9.96. The summed E-state index contributed by atoms with van der Waals surface area (Å²) in [6.45, 7) is 4.34. The van der Waals surface area contributed by atoms with E-state index in [2.05, 4.69) is 13.8 Å². The predicted octanol–water partition coefficient (Wildman–Crippen LogP) is 3.10. The lowest BCUT2D eigenvalue weighted by molar-refractivity contribution is 0.112. The van der Waals surface area contributed by atoms with E-state index in [1.165, 1.54) is 0 Å². The van der Waals surface area contributed by atoms with Gasteiger partial charge in [-0.3, -0.25) is 4.79 Å². The van der Waals surface area contributed by atoms with E-state index in [1.807, 2.05) is 0 Å². The molecular formula is C14H20O3. The minimum Gasteiger partial charge on any atom is -0.496 e. The first kappa shape index (κ1) is 13.6. The molecule has 1 unspecified atom stereocenters. The van der Waals surface area contributed by atoms with Crippen LogP contribution in [0, 0.1) is 5.92 Å². The minimum absolute atomic E-state index is 0.555. The Balaban J connectivity index is 3.19. The first-order valence-corrected chi connectivity index (χ1v) is 5.86. The molecule has 0 N–H and O–H groups in total. The van der Waals surface area contributed by atoms with Crippen LogP contribution in [0.3, 0.4) is 0 Å². The van der Waals surface area contributed by atoms with Gasteiger partial charge in [-0.2, -0.15) is 0 Å². The summed E-state index contributed by atoms with van der Waals surface area (Å²) in [5.74, 6) is 2.01. The molecular weight excluding hydrogens is 216 g/mol. The lowest BCUT2D eigenvalue weighted by Gasteiger charge is -2.16. The van der Waals surface area contributed by atoms with E-state index >= 15 is 0 Å². The fourth-order valence-corrected chi connectivity index (χ4v) is 1.77. The topological polar surface area (TPSA) is 35.5 Å². The molecule has 17 heavy (non-hydrogen) atoms. The Kier molecular flexibility index (Phi) is 5.01. The van der Waals surface area contributed by atoms with Crippen molar-refractivity contribution in [3.05, 3.63) is 23.3 Å². The number of methoxy groups -OCH3 is 2. The summed E-state index contributed by atoms with van der Waals surface area (Å²) in [4.78, 5) is 10.8. The van der Waals surface area contributed by atoms with Gasteiger partial charge in [-0.25, -0.2) is 0 Å².